The maximum Gasteiger partial charge on any atom is 0.326 e. The molecule has 0 fully saturated rings. The van der Waals surface area contributed by atoms with Gasteiger partial charge in [-0.15, -0.1) is 0 Å². The first-order valence-corrected chi connectivity index (χ1v) is 7.81. The van der Waals surface area contributed by atoms with E-state index in [4.69, 9.17) is 9.52 Å². The second-order valence-electron chi connectivity index (χ2n) is 4.22. The number of hydrogen-bond acceptors (Lipinski definition) is 5. The molecule has 112 valence electrons. The van der Waals surface area contributed by atoms with Crippen molar-refractivity contribution in [1.82, 2.24) is 10.6 Å². The summed E-state index contributed by atoms with van der Waals surface area (Å²) >= 11 is 0. The standard InChI is InChI=1S/C11H16N2O6S/c1-20(17,18)6-4-9(10(14)15)13-11(16)12-7-8-3-2-5-19-8/h2-3,5,9H,4,6-7H2,1H3,(H,14,15)(H2,12,13,16). The molecule has 1 unspecified atom stereocenters. The van der Waals surface area contributed by atoms with Crippen LogP contribution in [0.1, 0.15) is 12.2 Å². The number of rotatable bonds is 7. The van der Waals surface area contributed by atoms with Crippen LogP contribution < -0.4 is 10.6 Å². The van der Waals surface area contributed by atoms with E-state index in [0.717, 1.165) is 6.26 Å². The van der Waals surface area contributed by atoms with Crippen molar-refractivity contribution >= 4 is 21.8 Å². The van der Waals surface area contributed by atoms with Crippen LogP contribution in [0.3, 0.4) is 0 Å². The van der Waals surface area contributed by atoms with Crippen LogP contribution in [-0.2, 0) is 21.2 Å². The lowest BCUT2D eigenvalue weighted by molar-refractivity contribution is -0.139. The average molecular weight is 304 g/mol. The van der Waals surface area contributed by atoms with E-state index in [1.165, 1.54) is 6.26 Å². The minimum Gasteiger partial charge on any atom is -0.480 e. The summed E-state index contributed by atoms with van der Waals surface area (Å²) in [6, 6.07) is 1.34. The van der Waals surface area contributed by atoms with Crippen LogP contribution in [0.15, 0.2) is 22.8 Å². The number of carbonyl (C=O) groups excluding carboxylic acids is 1. The number of amides is 2. The van der Waals surface area contributed by atoms with Gasteiger partial charge < -0.3 is 20.2 Å². The molecule has 3 N–H and O–H groups in total. The number of aliphatic carboxylic acids is 1. The van der Waals surface area contributed by atoms with Crippen LogP contribution in [0.2, 0.25) is 0 Å². The number of carbonyl (C=O) groups is 2. The van der Waals surface area contributed by atoms with E-state index in [0.29, 0.717) is 5.76 Å². The van der Waals surface area contributed by atoms with Crippen LogP contribution >= 0.6 is 0 Å². The van der Waals surface area contributed by atoms with Crippen molar-refractivity contribution in [2.24, 2.45) is 0 Å². The molecule has 0 bridgehead atoms. The van der Waals surface area contributed by atoms with Crippen LogP contribution in [0.25, 0.3) is 0 Å². The zero-order valence-corrected chi connectivity index (χ0v) is 11.6. The van der Waals surface area contributed by atoms with Crippen molar-refractivity contribution in [1.29, 1.82) is 0 Å². The maximum absolute atomic E-state index is 11.5. The van der Waals surface area contributed by atoms with E-state index in [9.17, 15) is 18.0 Å². The van der Waals surface area contributed by atoms with Gasteiger partial charge in [0.15, 0.2) is 0 Å². The molecule has 1 aromatic rings. The predicted octanol–water partition coefficient (Wildman–Crippen LogP) is -0.0333. The Labute approximate surface area is 116 Å². The SMILES string of the molecule is CS(=O)(=O)CCC(NC(=O)NCc1ccco1)C(=O)O. The quantitative estimate of drug-likeness (QED) is 0.649. The summed E-state index contributed by atoms with van der Waals surface area (Å²) in [6.45, 7) is 0.108. The Bertz CT molecular complexity index is 551. The smallest absolute Gasteiger partial charge is 0.326 e. The molecule has 9 heteroatoms. The van der Waals surface area contributed by atoms with Gasteiger partial charge in [0.05, 0.1) is 18.6 Å². The Hall–Kier alpha value is -2.03. The van der Waals surface area contributed by atoms with Gasteiger partial charge >= 0.3 is 12.0 Å². The normalized spacial score (nSPS) is 12.7. The van der Waals surface area contributed by atoms with Crippen molar-refractivity contribution in [3.8, 4) is 0 Å². The van der Waals surface area contributed by atoms with Gasteiger partial charge in [-0.05, 0) is 18.6 Å². The fourth-order valence-electron chi connectivity index (χ4n) is 1.38. The van der Waals surface area contributed by atoms with Gasteiger partial charge in [0.2, 0.25) is 0 Å². The molecule has 0 saturated carbocycles. The van der Waals surface area contributed by atoms with Gasteiger partial charge in [0.1, 0.15) is 21.6 Å². The summed E-state index contributed by atoms with van der Waals surface area (Å²) in [5.41, 5.74) is 0. The molecular formula is C11H16N2O6S. The summed E-state index contributed by atoms with van der Waals surface area (Å²) in [4.78, 5) is 22.4. The summed E-state index contributed by atoms with van der Waals surface area (Å²) in [5, 5.41) is 13.5. The second-order valence-corrected chi connectivity index (χ2v) is 6.48. The first-order chi connectivity index (χ1) is 9.28. The highest BCUT2D eigenvalue weighted by molar-refractivity contribution is 7.90. The monoisotopic (exact) mass is 304 g/mol. The Kier molecular flexibility index (Phi) is 5.56. The summed E-state index contributed by atoms with van der Waals surface area (Å²) in [7, 11) is -3.29. The minimum absolute atomic E-state index is 0.108. The first kappa shape index (κ1) is 16.0. The molecule has 0 aliphatic carbocycles. The number of hydrogen-bond donors (Lipinski definition) is 3. The van der Waals surface area contributed by atoms with Crippen LogP contribution in [-0.4, -0.2) is 43.6 Å². The van der Waals surface area contributed by atoms with Gasteiger partial charge in [-0.1, -0.05) is 0 Å². The Balaban J connectivity index is 2.44. The summed E-state index contributed by atoms with van der Waals surface area (Å²) < 4.78 is 27.0. The van der Waals surface area contributed by atoms with E-state index >= 15 is 0 Å². The number of carboxylic acids is 1. The van der Waals surface area contributed by atoms with Crippen molar-refractivity contribution < 1.29 is 27.5 Å². The molecule has 1 rings (SSSR count). The molecule has 2 amide bonds. The molecule has 1 aromatic heterocycles. The number of sulfone groups is 1. The Morgan fingerprint density at radius 3 is 2.65 bits per heavy atom. The van der Waals surface area contributed by atoms with E-state index in [1.54, 1.807) is 12.1 Å². The van der Waals surface area contributed by atoms with Crippen LogP contribution in [0.5, 0.6) is 0 Å². The molecule has 20 heavy (non-hydrogen) atoms. The third-order valence-electron chi connectivity index (χ3n) is 2.38. The lowest BCUT2D eigenvalue weighted by Gasteiger charge is -2.14. The molecule has 0 aliphatic rings. The number of urea groups is 1. The molecule has 0 spiro atoms. The topological polar surface area (TPSA) is 126 Å². The van der Waals surface area contributed by atoms with Crippen LogP contribution in [0, 0.1) is 0 Å². The zero-order chi connectivity index (χ0) is 15.2. The highest BCUT2D eigenvalue weighted by Crippen LogP contribution is 1.99. The molecule has 1 heterocycles. The van der Waals surface area contributed by atoms with Crippen LogP contribution in [0.4, 0.5) is 4.79 Å². The van der Waals surface area contributed by atoms with E-state index in [-0.39, 0.29) is 18.7 Å². The Morgan fingerprint density at radius 2 is 2.15 bits per heavy atom. The van der Waals surface area contributed by atoms with Gasteiger partial charge in [0.25, 0.3) is 0 Å². The lowest BCUT2D eigenvalue weighted by Crippen LogP contribution is -2.46. The lowest BCUT2D eigenvalue weighted by atomic mass is 10.2. The number of furan rings is 1. The van der Waals surface area contributed by atoms with Gasteiger partial charge in [-0.3, -0.25) is 0 Å². The van der Waals surface area contributed by atoms with Crippen molar-refractivity contribution in [2.45, 2.75) is 19.0 Å². The first-order valence-electron chi connectivity index (χ1n) is 5.75. The molecule has 0 saturated heterocycles. The van der Waals surface area contributed by atoms with Crippen molar-refractivity contribution in [3.05, 3.63) is 24.2 Å². The number of nitrogens with one attached hydrogen (secondary N) is 2. The fourth-order valence-corrected chi connectivity index (χ4v) is 2.04. The highest BCUT2D eigenvalue weighted by Gasteiger charge is 2.21. The second kappa shape index (κ2) is 6.94. The predicted molar refractivity (Wildman–Crippen MR) is 69.8 cm³/mol. The number of carboxylic acid groups (broad SMARTS) is 1. The molecule has 0 aliphatic heterocycles. The van der Waals surface area contributed by atoms with Gasteiger partial charge in [-0.2, -0.15) is 0 Å². The highest BCUT2D eigenvalue weighted by atomic mass is 32.2. The summed E-state index contributed by atoms with van der Waals surface area (Å²) in [6.07, 6.45) is 2.26. The largest absolute Gasteiger partial charge is 0.480 e. The van der Waals surface area contributed by atoms with E-state index in [1.807, 2.05) is 0 Å². The Morgan fingerprint density at radius 1 is 1.45 bits per heavy atom. The van der Waals surface area contributed by atoms with E-state index in [2.05, 4.69) is 10.6 Å². The average Bonchev–Trinajstić information content (AvgIpc) is 2.83. The molecule has 1 atom stereocenters. The fraction of sp³-hybridized carbons (Fsp3) is 0.455. The third-order valence-corrected chi connectivity index (χ3v) is 3.36. The zero-order valence-electron chi connectivity index (χ0n) is 10.8. The molecular weight excluding hydrogens is 288 g/mol. The molecule has 0 aromatic carbocycles. The van der Waals surface area contributed by atoms with Crippen molar-refractivity contribution in [2.75, 3.05) is 12.0 Å². The van der Waals surface area contributed by atoms with Crippen molar-refractivity contribution in [3.63, 3.8) is 0 Å². The van der Waals surface area contributed by atoms with E-state index < -0.39 is 27.9 Å². The van der Waals surface area contributed by atoms with Gasteiger partial charge in [0, 0.05) is 6.26 Å². The molecule has 0 radical (unpaired) electrons. The maximum atomic E-state index is 11.5. The molecule has 8 nitrogen and oxygen atoms in total. The summed E-state index contributed by atoms with van der Waals surface area (Å²) in [5.74, 6) is -1.09. The minimum atomic E-state index is -3.29. The van der Waals surface area contributed by atoms with Gasteiger partial charge in [-0.25, -0.2) is 18.0 Å². The third kappa shape index (κ3) is 6.23.